The van der Waals surface area contributed by atoms with E-state index in [0.29, 0.717) is 35.6 Å². The number of rotatable bonds is 6. The number of carbonyl (C=O) groups excluding carboxylic acids is 2. The van der Waals surface area contributed by atoms with Crippen LogP contribution in [0.25, 0.3) is 0 Å². The number of sulfonamides is 1. The predicted molar refractivity (Wildman–Crippen MR) is 120 cm³/mol. The van der Waals surface area contributed by atoms with Crippen molar-refractivity contribution in [2.75, 3.05) is 21.5 Å². The van der Waals surface area contributed by atoms with Crippen LogP contribution in [-0.2, 0) is 14.8 Å². The normalized spacial score (nSPS) is 13.8. The van der Waals surface area contributed by atoms with Crippen LogP contribution in [0.2, 0.25) is 0 Å². The highest BCUT2D eigenvalue weighted by molar-refractivity contribution is 7.92. The highest BCUT2D eigenvalue weighted by atomic mass is 32.2. The van der Waals surface area contributed by atoms with Gasteiger partial charge in [-0.2, -0.15) is 0 Å². The van der Waals surface area contributed by atoms with Crippen molar-refractivity contribution >= 4 is 38.9 Å². The van der Waals surface area contributed by atoms with Crippen LogP contribution in [0.15, 0.2) is 83.8 Å². The third-order valence-corrected chi connectivity index (χ3v) is 6.37. The van der Waals surface area contributed by atoms with Gasteiger partial charge >= 0.3 is 0 Å². The van der Waals surface area contributed by atoms with Crippen LogP contribution in [0.1, 0.15) is 23.2 Å². The van der Waals surface area contributed by atoms with Crippen molar-refractivity contribution in [2.45, 2.75) is 17.7 Å². The third-order valence-electron chi connectivity index (χ3n) is 4.97. The van der Waals surface area contributed by atoms with E-state index in [0.717, 1.165) is 6.42 Å². The molecule has 0 atom stereocenters. The number of hydrogen-bond acceptors (Lipinski definition) is 4. The first-order chi connectivity index (χ1) is 14.9. The van der Waals surface area contributed by atoms with Crippen LogP contribution in [0.3, 0.4) is 0 Å². The summed E-state index contributed by atoms with van der Waals surface area (Å²) in [6, 6.07) is 21.4. The van der Waals surface area contributed by atoms with E-state index in [1.54, 1.807) is 53.4 Å². The molecule has 158 valence electrons. The van der Waals surface area contributed by atoms with E-state index in [-0.39, 0.29) is 16.7 Å². The van der Waals surface area contributed by atoms with Gasteiger partial charge in [-0.1, -0.05) is 30.3 Å². The van der Waals surface area contributed by atoms with Crippen LogP contribution in [0.4, 0.5) is 17.1 Å². The zero-order valence-corrected chi connectivity index (χ0v) is 17.4. The number of nitrogens with zero attached hydrogens (tertiary/aromatic N) is 1. The molecule has 3 aromatic carbocycles. The molecule has 1 heterocycles. The first-order valence-electron chi connectivity index (χ1n) is 9.83. The standard InChI is InChI=1S/C23H21N3O4S/c27-22-11-6-16-26(22)21-10-5-4-9-20(21)24-23(28)17-12-14-18(15-13-17)25-31(29,30)19-7-2-1-3-8-19/h1-5,7-10,12-15,25H,6,11,16H2,(H,24,28). The molecule has 1 aliphatic heterocycles. The van der Waals surface area contributed by atoms with Gasteiger partial charge in [0.25, 0.3) is 15.9 Å². The van der Waals surface area contributed by atoms with Crippen molar-refractivity contribution in [3.8, 4) is 0 Å². The molecule has 0 spiro atoms. The van der Waals surface area contributed by atoms with Crippen LogP contribution < -0.4 is 14.9 Å². The molecule has 1 saturated heterocycles. The fraction of sp³-hybridized carbons (Fsp3) is 0.130. The van der Waals surface area contributed by atoms with Crippen molar-refractivity contribution in [3.05, 3.63) is 84.4 Å². The number of para-hydroxylation sites is 2. The number of benzene rings is 3. The van der Waals surface area contributed by atoms with E-state index in [9.17, 15) is 18.0 Å². The quantitative estimate of drug-likeness (QED) is 0.614. The summed E-state index contributed by atoms with van der Waals surface area (Å²) >= 11 is 0. The Bertz CT molecular complexity index is 1210. The molecule has 31 heavy (non-hydrogen) atoms. The maximum absolute atomic E-state index is 12.7. The molecule has 2 amide bonds. The summed E-state index contributed by atoms with van der Waals surface area (Å²) in [5.41, 5.74) is 1.94. The molecule has 1 fully saturated rings. The highest BCUT2D eigenvalue weighted by Gasteiger charge is 2.24. The molecule has 8 heteroatoms. The first-order valence-corrected chi connectivity index (χ1v) is 11.3. The van der Waals surface area contributed by atoms with Gasteiger partial charge in [-0.25, -0.2) is 8.42 Å². The fourth-order valence-corrected chi connectivity index (χ4v) is 4.50. The van der Waals surface area contributed by atoms with Crippen LogP contribution in [0.5, 0.6) is 0 Å². The zero-order chi connectivity index (χ0) is 21.8. The minimum absolute atomic E-state index is 0.0387. The Morgan fingerprint density at radius 1 is 0.871 bits per heavy atom. The van der Waals surface area contributed by atoms with E-state index < -0.39 is 10.0 Å². The average molecular weight is 436 g/mol. The molecule has 0 unspecified atom stereocenters. The summed E-state index contributed by atoms with van der Waals surface area (Å²) < 4.78 is 27.4. The van der Waals surface area contributed by atoms with E-state index in [4.69, 9.17) is 0 Å². The van der Waals surface area contributed by atoms with Crippen LogP contribution in [0, 0.1) is 0 Å². The summed E-state index contributed by atoms with van der Waals surface area (Å²) in [7, 11) is -3.70. The topological polar surface area (TPSA) is 95.6 Å². The maximum Gasteiger partial charge on any atom is 0.261 e. The van der Waals surface area contributed by atoms with Crippen molar-refractivity contribution in [1.82, 2.24) is 0 Å². The number of amides is 2. The van der Waals surface area contributed by atoms with Gasteiger partial charge in [-0.05, 0) is 55.0 Å². The van der Waals surface area contributed by atoms with Gasteiger partial charge in [0.05, 0.1) is 16.3 Å². The first kappa shape index (κ1) is 20.6. The van der Waals surface area contributed by atoms with Gasteiger partial charge in [-0.15, -0.1) is 0 Å². The molecule has 4 rings (SSSR count). The summed E-state index contributed by atoms with van der Waals surface area (Å²) in [6.07, 6.45) is 1.30. The zero-order valence-electron chi connectivity index (χ0n) is 16.6. The Kier molecular flexibility index (Phi) is 5.73. The van der Waals surface area contributed by atoms with E-state index in [1.165, 1.54) is 24.3 Å². The van der Waals surface area contributed by atoms with Gasteiger partial charge in [0.15, 0.2) is 0 Å². The molecule has 0 radical (unpaired) electrons. The Morgan fingerprint density at radius 2 is 1.55 bits per heavy atom. The van der Waals surface area contributed by atoms with E-state index >= 15 is 0 Å². The molecule has 0 bridgehead atoms. The third kappa shape index (κ3) is 4.59. The summed E-state index contributed by atoms with van der Waals surface area (Å²) in [6.45, 7) is 0.627. The second-order valence-electron chi connectivity index (χ2n) is 7.12. The van der Waals surface area contributed by atoms with Crippen molar-refractivity contribution in [3.63, 3.8) is 0 Å². The molecular formula is C23H21N3O4S. The second-order valence-corrected chi connectivity index (χ2v) is 8.80. The summed E-state index contributed by atoms with van der Waals surface area (Å²) in [5, 5.41) is 2.85. The summed E-state index contributed by atoms with van der Waals surface area (Å²) in [5.74, 6) is -0.312. The lowest BCUT2D eigenvalue weighted by molar-refractivity contribution is -0.117. The Hall–Kier alpha value is -3.65. The molecule has 7 nitrogen and oxygen atoms in total. The Labute approximate surface area is 180 Å². The van der Waals surface area contributed by atoms with Crippen molar-refractivity contribution in [2.24, 2.45) is 0 Å². The lowest BCUT2D eigenvalue weighted by atomic mass is 10.2. The van der Waals surface area contributed by atoms with Gasteiger partial charge in [0.1, 0.15) is 0 Å². The van der Waals surface area contributed by atoms with Crippen LogP contribution >= 0.6 is 0 Å². The molecular weight excluding hydrogens is 414 g/mol. The fourth-order valence-electron chi connectivity index (χ4n) is 3.42. The van der Waals surface area contributed by atoms with Gasteiger partial charge in [0.2, 0.25) is 5.91 Å². The lowest BCUT2D eigenvalue weighted by Crippen LogP contribution is -2.25. The molecule has 0 saturated carbocycles. The smallest absolute Gasteiger partial charge is 0.261 e. The van der Waals surface area contributed by atoms with Crippen molar-refractivity contribution in [1.29, 1.82) is 0 Å². The number of anilines is 3. The average Bonchev–Trinajstić information content (AvgIpc) is 3.20. The SMILES string of the molecule is O=C(Nc1ccccc1N1CCCC1=O)c1ccc(NS(=O)(=O)c2ccccc2)cc1. The largest absolute Gasteiger partial charge is 0.320 e. The van der Waals surface area contributed by atoms with E-state index in [1.807, 2.05) is 6.07 Å². The number of carbonyl (C=O) groups is 2. The maximum atomic E-state index is 12.7. The second kappa shape index (κ2) is 8.61. The molecule has 0 aliphatic carbocycles. The number of hydrogen-bond donors (Lipinski definition) is 2. The van der Waals surface area contributed by atoms with E-state index in [2.05, 4.69) is 10.0 Å². The minimum Gasteiger partial charge on any atom is -0.320 e. The minimum atomic E-state index is -3.70. The lowest BCUT2D eigenvalue weighted by Gasteiger charge is -2.20. The Balaban J connectivity index is 1.48. The number of nitrogens with one attached hydrogen (secondary N) is 2. The monoisotopic (exact) mass is 435 g/mol. The molecule has 0 aromatic heterocycles. The molecule has 3 aromatic rings. The van der Waals surface area contributed by atoms with Gasteiger partial charge < -0.3 is 10.2 Å². The summed E-state index contributed by atoms with van der Waals surface area (Å²) in [4.78, 5) is 26.7. The van der Waals surface area contributed by atoms with Crippen molar-refractivity contribution < 1.29 is 18.0 Å². The van der Waals surface area contributed by atoms with Gasteiger partial charge in [0, 0.05) is 24.2 Å². The van der Waals surface area contributed by atoms with Gasteiger partial charge in [-0.3, -0.25) is 14.3 Å². The Morgan fingerprint density at radius 3 is 2.23 bits per heavy atom. The van der Waals surface area contributed by atoms with Crippen LogP contribution in [-0.4, -0.2) is 26.8 Å². The molecule has 1 aliphatic rings. The predicted octanol–water partition coefficient (Wildman–Crippen LogP) is 3.87. The molecule has 2 N–H and O–H groups in total. The highest BCUT2D eigenvalue weighted by Crippen LogP contribution is 2.29.